The second-order valence-corrected chi connectivity index (χ2v) is 8.13. The molecule has 1 saturated carbocycles. The van der Waals surface area contributed by atoms with Gasteiger partial charge >= 0.3 is 5.97 Å². The number of aliphatic carboxylic acids is 1. The zero-order valence-corrected chi connectivity index (χ0v) is 17.8. The largest absolute Gasteiger partial charge is 0.504 e. The predicted octanol–water partition coefficient (Wildman–Crippen LogP) is 6.34. The summed E-state index contributed by atoms with van der Waals surface area (Å²) in [5.74, 6) is -0.509. The van der Waals surface area contributed by atoms with Gasteiger partial charge in [-0.05, 0) is 61.1 Å². The van der Waals surface area contributed by atoms with Crippen LogP contribution in [0.5, 0.6) is 11.5 Å². The lowest BCUT2D eigenvalue weighted by atomic mass is 9.91. The van der Waals surface area contributed by atoms with Crippen molar-refractivity contribution in [2.45, 2.75) is 51.6 Å². The van der Waals surface area contributed by atoms with E-state index in [1.807, 2.05) is 43.3 Å². The van der Waals surface area contributed by atoms with Gasteiger partial charge in [0.15, 0.2) is 11.5 Å². The molecule has 0 unspecified atom stereocenters. The molecule has 1 aliphatic carbocycles. The Morgan fingerprint density at radius 1 is 1.10 bits per heavy atom. The first-order chi connectivity index (χ1) is 15.1. The van der Waals surface area contributed by atoms with Crippen LogP contribution in [-0.2, 0) is 11.2 Å². The lowest BCUT2D eigenvalue weighted by molar-refractivity contribution is -0.130. The summed E-state index contributed by atoms with van der Waals surface area (Å²) in [4.78, 5) is 12.1. The number of rotatable bonds is 7. The van der Waals surface area contributed by atoms with Gasteiger partial charge in [-0.25, -0.2) is 4.79 Å². The van der Waals surface area contributed by atoms with E-state index in [0.29, 0.717) is 29.5 Å². The molecule has 1 aliphatic rings. The van der Waals surface area contributed by atoms with Gasteiger partial charge in [-0.1, -0.05) is 61.5 Å². The molecular formula is C27H28O4. The maximum absolute atomic E-state index is 12.1. The second-order valence-electron chi connectivity index (χ2n) is 8.13. The van der Waals surface area contributed by atoms with Crippen molar-refractivity contribution in [2.75, 3.05) is 0 Å². The van der Waals surface area contributed by atoms with Crippen LogP contribution in [0.4, 0.5) is 0 Å². The Balaban J connectivity index is 1.93. The van der Waals surface area contributed by atoms with Crippen molar-refractivity contribution in [3.05, 3.63) is 77.4 Å². The Morgan fingerprint density at radius 2 is 1.84 bits per heavy atom. The maximum atomic E-state index is 12.1. The highest BCUT2D eigenvalue weighted by Crippen LogP contribution is 2.43. The van der Waals surface area contributed by atoms with Gasteiger partial charge in [-0.2, -0.15) is 0 Å². The zero-order valence-electron chi connectivity index (χ0n) is 17.8. The number of carboxylic acid groups (broad SMARTS) is 1. The molecule has 2 N–H and O–H groups in total. The van der Waals surface area contributed by atoms with Gasteiger partial charge in [0.1, 0.15) is 0 Å². The van der Waals surface area contributed by atoms with Gasteiger partial charge in [0.05, 0.1) is 11.7 Å². The average molecular weight is 417 g/mol. The number of carboxylic acids is 1. The topological polar surface area (TPSA) is 66.8 Å². The molecular weight excluding hydrogens is 388 g/mol. The van der Waals surface area contributed by atoms with E-state index < -0.39 is 5.97 Å². The Bertz CT molecular complexity index is 1110. The fourth-order valence-electron chi connectivity index (χ4n) is 4.48. The standard InChI is InChI=1S/C27H28O4/c1-2-9-22(27(29)30)23-17-24(31-20-13-6-7-14-20)26(28)25-19(12-8-15-21(23)25)16-18-10-4-3-5-11-18/h3-5,8-12,15,17,20,28H,2,6-7,13-14,16H2,1H3,(H,29,30)/b22-9-. The lowest BCUT2D eigenvalue weighted by Gasteiger charge is -2.19. The van der Waals surface area contributed by atoms with Crippen molar-refractivity contribution in [3.8, 4) is 11.5 Å². The van der Waals surface area contributed by atoms with Crippen LogP contribution in [0.15, 0.2) is 60.7 Å². The van der Waals surface area contributed by atoms with E-state index in [-0.39, 0.29) is 17.4 Å². The van der Waals surface area contributed by atoms with E-state index in [2.05, 4.69) is 12.1 Å². The minimum Gasteiger partial charge on any atom is -0.504 e. The number of benzene rings is 3. The number of phenolic OH excluding ortho intramolecular Hbond substituents is 1. The van der Waals surface area contributed by atoms with Gasteiger partial charge in [0.25, 0.3) is 0 Å². The summed E-state index contributed by atoms with van der Waals surface area (Å²) in [6.45, 7) is 1.92. The van der Waals surface area contributed by atoms with Crippen LogP contribution in [0, 0.1) is 0 Å². The third-order valence-electron chi connectivity index (χ3n) is 5.95. The third-order valence-corrected chi connectivity index (χ3v) is 5.95. The van der Waals surface area contributed by atoms with Crippen LogP contribution in [0.25, 0.3) is 16.3 Å². The summed E-state index contributed by atoms with van der Waals surface area (Å²) < 4.78 is 6.20. The number of fused-ring (bicyclic) bond motifs is 1. The summed E-state index contributed by atoms with van der Waals surface area (Å²) in [6.07, 6.45) is 7.15. The van der Waals surface area contributed by atoms with Crippen LogP contribution >= 0.6 is 0 Å². The van der Waals surface area contributed by atoms with Crippen molar-refractivity contribution < 1.29 is 19.7 Å². The van der Waals surface area contributed by atoms with Crippen molar-refractivity contribution in [2.24, 2.45) is 0 Å². The number of ether oxygens (including phenoxy) is 1. The molecule has 160 valence electrons. The SMILES string of the molecule is CC/C=C(\C(=O)O)c1cc(OC2CCCC2)c(O)c2c(Cc3ccccc3)cccc12. The molecule has 0 spiro atoms. The Labute approximate surface area is 182 Å². The van der Waals surface area contributed by atoms with E-state index in [0.717, 1.165) is 42.2 Å². The molecule has 0 bridgehead atoms. The summed E-state index contributed by atoms with van der Waals surface area (Å²) in [6, 6.07) is 17.6. The minimum atomic E-state index is -0.978. The highest BCUT2D eigenvalue weighted by atomic mass is 16.5. The summed E-state index contributed by atoms with van der Waals surface area (Å²) in [7, 11) is 0. The van der Waals surface area contributed by atoms with E-state index in [4.69, 9.17) is 4.74 Å². The first kappa shape index (κ1) is 21.0. The monoisotopic (exact) mass is 416 g/mol. The first-order valence-electron chi connectivity index (χ1n) is 11.0. The lowest BCUT2D eigenvalue weighted by Crippen LogP contribution is -2.12. The zero-order chi connectivity index (χ0) is 21.8. The van der Waals surface area contributed by atoms with Crippen LogP contribution in [0.1, 0.15) is 55.7 Å². The maximum Gasteiger partial charge on any atom is 0.335 e. The normalized spacial score (nSPS) is 14.8. The van der Waals surface area contributed by atoms with E-state index >= 15 is 0 Å². The average Bonchev–Trinajstić information content (AvgIpc) is 3.28. The Morgan fingerprint density at radius 3 is 2.52 bits per heavy atom. The highest BCUT2D eigenvalue weighted by molar-refractivity contribution is 6.20. The molecule has 3 aromatic rings. The van der Waals surface area contributed by atoms with Crippen LogP contribution in [-0.4, -0.2) is 22.3 Å². The van der Waals surface area contributed by atoms with Crippen LogP contribution in [0.3, 0.4) is 0 Å². The van der Waals surface area contributed by atoms with Gasteiger partial charge < -0.3 is 14.9 Å². The third kappa shape index (κ3) is 4.43. The summed E-state index contributed by atoms with van der Waals surface area (Å²) in [5, 5.41) is 22.5. The van der Waals surface area contributed by atoms with E-state index in [1.54, 1.807) is 12.1 Å². The molecule has 1 fully saturated rings. The quantitative estimate of drug-likeness (QED) is 0.441. The number of hydrogen-bond donors (Lipinski definition) is 2. The number of aromatic hydroxyl groups is 1. The number of hydrogen-bond acceptors (Lipinski definition) is 3. The summed E-state index contributed by atoms with van der Waals surface area (Å²) >= 11 is 0. The Kier molecular flexibility index (Phi) is 6.26. The van der Waals surface area contributed by atoms with E-state index in [1.165, 1.54) is 0 Å². The molecule has 0 aromatic heterocycles. The molecule has 3 aromatic carbocycles. The first-order valence-corrected chi connectivity index (χ1v) is 11.0. The smallest absolute Gasteiger partial charge is 0.335 e. The molecule has 4 heteroatoms. The molecule has 0 aliphatic heterocycles. The molecule has 31 heavy (non-hydrogen) atoms. The molecule has 0 atom stereocenters. The summed E-state index contributed by atoms with van der Waals surface area (Å²) in [5.41, 5.74) is 2.90. The van der Waals surface area contributed by atoms with Gasteiger partial charge in [-0.3, -0.25) is 0 Å². The number of allylic oxidation sites excluding steroid dienone is 1. The minimum absolute atomic E-state index is 0.0564. The Hall–Kier alpha value is -3.27. The molecule has 0 heterocycles. The van der Waals surface area contributed by atoms with Gasteiger partial charge in [0.2, 0.25) is 0 Å². The molecule has 4 nitrogen and oxygen atoms in total. The van der Waals surface area contributed by atoms with Crippen LogP contribution in [0.2, 0.25) is 0 Å². The highest BCUT2D eigenvalue weighted by Gasteiger charge is 2.24. The van der Waals surface area contributed by atoms with Gasteiger partial charge in [0, 0.05) is 10.9 Å². The molecule has 0 radical (unpaired) electrons. The van der Waals surface area contributed by atoms with E-state index in [9.17, 15) is 15.0 Å². The number of carbonyl (C=O) groups is 1. The van der Waals surface area contributed by atoms with Crippen molar-refractivity contribution >= 4 is 22.3 Å². The fraction of sp³-hybridized carbons (Fsp3) is 0.296. The second kappa shape index (κ2) is 9.25. The van der Waals surface area contributed by atoms with Gasteiger partial charge in [-0.15, -0.1) is 0 Å². The predicted molar refractivity (Wildman–Crippen MR) is 124 cm³/mol. The molecule has 0 amide bonds. The van der Waals surface area contributed by atoms with Crippen molar-refractivity contribution in [3.63, 3.8) is 0 Å². The van der Waals surface area contributed by atoms with Crippen molar-refractivity contribution in [1.29, 1.82) is 0 Å². The van der Waals surface area contributed by atoms with Crippen LogP contribution < -0.4 is 4.74 Å². The molecule has 4 rings (SSSR count). The fourth-order valence-corrected chi connectivity index (χ4v) is 4.48. The number of phenols is 1. The molecule has 0 saturated heterocycles. The van der Waals surface area contributed by atoms with Crippen molar-refractivity contribution in [1.82, 2.24) is 0 Å².